The van der Waals surface area contributed by atoms with Crippen LogP contribution in [0.1, 0.15) is 10.4 Å². The van der Waals surface area contributed by atoms with Crippen LogP contribution in [0.5, 0.6) is 0 Å². The molecule has 0 saturated heterocycles. The fourth-order valence-electron chi connectivity index (χ4n) is 0.939. The Morgan fingerprint density at radius 3 is 2.53 bits per heavy atom. The van der Waals surface area contributed by atoms with Gasteiger partial charge in [0.25, 0.3) is 5.91 Å². The molecule has 1 amide bonds. The summed E-state index contributed by atoms with van der Waals surface area (Å²) in [5.41, 5.74) is -0.429. The Morgan fingerprint density at radius 2 is 2.00 bits per heavy atom. The Morgan fingerprint density at radius 1 is 1.40 bits per heavy atom. The Kier molecular flexibility index (Phi) is 3.60. The van der Waals surface area contributed by atoms with Gasteiger partial charge in [-0.05, 0) is 12.1 Å². The minimum absolute atomic E-state index is 0.371. The van der Waals surface area contributed by atoms with Crippen LogP contribution in [0.15, 0.2) is 12.1 Å². The van der Waals surface area contributed by atoms with E-state index in [4.69, 9.17) is 11.6 Å². The molecule has 1 rings (SSSR count). The summed E-state index contributed by atoms with van der Waals surface area (Å²) >= 11 is 5.33. The number of carbonyl (C=O) groups is 1. The van der Waals surface area contributed by atoms with Gasteiger partial charge >= 0.3 is 0 Å². The van der Waals surface area contributed by atoms with Crippen molar-refractivity contribution in [2.24, 2.45) is 0 Å². The van der Waals surface area contributed by atoms with E-state index < -0.39 is 23.1 Å². The van der Waals surface area contributed by atoms with Crippen molar-refractivity contribution in [1.29, 1.82) is 0 Å². The van der Waals surface area contributed by atoms with Crippen LogP contribution < -0.4 is 0 Å². The first kappa shape index (κ1) is 11.9. The van der Waals surface area contributed by atoms with Crippen LogP contribution in [0.4, 0.5) is 8.78 Å². The van der Waals surface area contributed by atoms with Gasteiger partial charge in [-0.2, -0.15) is 0 Å². The molecular formula is C9H8ClF2NO2. The highest BCUT2D eigenvalue weighted by molar-refractivity contribution is 6.30. The number of nitrogens with zero attached hydrogens (tertiary/aromatic N) is 1. The Labute approximate surface area is 90.1 Å². The summed E-state index contributed by atoms with van der Waals surface area (Å²) in [6, 6.07) is 1.48. The first-order valence-corrected chi connectivity index (χ1v) is 4.32. The highest BCUT2D eigenvalue weighted by atomic mass is 35.5. The zero-order valence-electron chi connectivity index (χ0n) is 8.05. The van der Waals surface area contributed by atoms with E-state index in [1.807, 2.05) is 0 Å². The number of amides is 1. The van der Waals surface area contributed by atoms with Crippen LogP contribution in [-0.2, 0) is 4.84 Å². The molecule has 0 aliphatic carbocycles. The van der Waals surface area contributed by atoms with Crippen LogP contribution in [0, 0.1) is 11.6 Å². The van der Waals surface area contributed by atoms with Crippen molar-refractivity contribution in [2.75, 3.05) is 14.2 Å². The molecule has 0 unspecified atom stereocenters. The van der Waals surface area contributed by atoms with Crippen molar-refractivity contribution in [3.8, 4) is 0 Å². The number of hydroxylamine groups is 2. The fourth-order valence-corrected chi connectivity index (χ4v) is 1.09. The molecule has 82 valence electrons. The molecule has 0 spiro atoms. The van der Waals surface area contributed by atoms with Crippen molar-refractivity contribution in [1.82, 2.24) is 5.06 Å². The summed E-state index contributed by atoms with van der Waals surface area (Å²) in [4.78, 5) is 16.0. The molecule has 1 aromatic rings. The highest BCUT2D eigenvalue weighted by Gasteiger charge is 2.18. The Hall–Kier alpha value is -1.20. The van der Waals surface area contributed by atoms with Crippen molar-refractivity contribution < 1.29 is 18.4 Å². The Bertz CT molecular complexity index is 398. The zero-order chi connectivity index (χ0) is 11.6. The topological polar surface area (TPSA) is 29.5 Å². The molecule has 3 nitrogen and oxygen atoms in total. The maximum Gasteiger partial charge on any atom is 0.280 e. The van der Waals surface area contributed by atoms with Gasteiger partial charge in [-0.15, -0.1) is 0 Å². The number of carbonyl (C=O) groups excluding carboxylic acids is 1. The van der Waals surface area contributed by atoms with E-state index in [0.717, 1.165) is 17.2 Å². The van der Waals surface area contributed by atoms with Gasteiger partial charge in [0, 0.05) is 7.05 Å². The van der Waals surface area contributed by atoms with E-state index in [9.17, 15) is 13.6 Å². The predicted octanol–water partition coefficient (Wildman–Crippen LogP) is 2.25. The first-order valence-electron chi connectivity index (χ1n) is 3.94. The average Bonchev–Trinajstić information content (AvgIpc) is 2.21. The normalized spacial score (nSPS) is 10.2. The first-order chi connectivity index (χ1) is 6.97. The van der Waals surface area contributed by atoms with Gasteiger partial charge in [0.05, 0.1) is 17.7 Å². The molecule has 0 heterocycles. The van der Waals surface area contributed by atoms with Crippen molar-refractivity contribution in [3.05, 3.63) is 34.4 Å². The molecule has 0 fully saturated rings. The minimum atomic E-state index is -0.893. The molecule has 0 bridgehead atoms. The lowest BCUT2D eigenvalue weighted by molar-refractivity contribution is -0.0759. The zero-order valence-corrected chi connectivity index (χ0v) is 8.81. The van der Waals surface area contributed by atoms with Gasteiger partial charge in [-0.1, -0.05) is 11.6 Å². The van der Waals surface area contributed by atoms with Gasteiger partial charge in [-0.25, -0.2) is 13.8 Å². The second-order valence-corrected chi connectivity index (χ2v) is 3.14. The second-order valence-electron chi connectivity index (χ2n) is 2.73. The number of benzene rings is 1. The molecule has 0 aliphatic heterocycles. The molecule has 0 aromatic heterocycles. The molecule has 1 aromatic carbocycles. The quantitative estimate of drug-likeness (QED) is 0.581. The fraction of sp³-hybridized carbons (Fsp3) is 0.222. The molecule has 0 saturated carbocycles. The number of rotatable bonds is 2. The predicted molar refractivity (Wildman–Crippen MR) is 50.5 cm³/mol. The molecule has 0 atom stereocenters. The standard InChI is InChI=1S/C9H8ClF2NO2/c1-13(15-2)9(14)5-3-8(12)6(10)4-7(5)11/h3-4H,1-2H3. The van der Waals surface area contributed by atoms with Crippen LogP contribution >= 0.6 is 11.6 Å². The SMILES string of the molecule is CON(C)C(=O)c1cc(F)c(Cl)cc1F. The third-order valence-electron chi connectivity index (χ3n) is 1.80. The lowest BCUT2D eigenvalue weighted by Crippen LogP contribution is -2.26. The van der Waals surface area contributed by atoms with Gasteiger partial charge in [0.1, 0.15) is 11.6 Å². The minimum Gasteiger partial charge on any atom is -0.274 e. The van der Waals surface area contributed by atoms with Crippen LogP contribution in [0.2, 0.25) is 5.02 Å². The third-order valence-corrected chi connectivity index (χ3v) is 2.09. The second kappa shape index (κ2) is 4.55. The lowest BCUT2D eigenvalue weighted by Gasteiger charge is -2.14. The average molecular weight is 236 g/mol. The van der Waals surface area contributed by atoms with E-state index in [-0.39, 0.29) is 5.02 Å². The summed E-state index contributed by atoms with van der Waals surface area (Å²) < 4.78 is 26.2. The molecular weight excluding hydrogens is 228 g/mol. The third kappa shape index (κ3) is 2.43. The maximum absolute atomic E-state index is 13.2. The van der Waals surface area contributed by atoms with Gasteiger partial charge in [-0.3, -0.25) is 9.63 Å². The summed E-state index contributed by atoms with van der Waals surface area (Å²) in [7, 11) is 2.52. The van der Waals surface area contributed by atoms with Crippen LogP contribution in [-0.4, -0.2) is 25.1 Å². The van der Waals surface area contributed by atoms with E-state index in [1.165, 1.54) is 14.2 Å². The van der Waals surface area contributed by atoms with Crippen molar-refractivity contribution in [3.63, 3.8) is 0 Å². The molecule has 15 heavy (non-hydrogen) atoms. The summed E-state index contributed by atoms with van der Waals surface area (Å²) in [6.45, 7) is 0. The van der Waals surface area contributed by atoms with Crippen molar-refractivity contribution >= 4 is 17.5 Å². The largest absolute Gasteiger partial charge is 0.280 e. The summed E-state index contributed by atoms with van der Waals surface area (Å²) in [6.07, 6.45) is 0. The van der Waals surface area contributed by atoms with E-state index in [1.54, 1.807) is 0 Å². The van der Waals surface area contributed by atoms with E-state index in [0.29, 0.717) is 0 Å². The summed E-state index contributed by atoms with van der Waals surface area (Å²) in [5, 5.41) is 0.412. The number of hydrogen-bond acceptors (Lipinski definition) is 2. The molecule has 0 aliphatic rings. The lowest BCUT2D eigenvalue weighted by atomic mass is 10.2. The van der Waals surface area contributed by atoms with Crippen LogP contribution in [0.3, 0.4) is 0 Å². The van der Waals surface area contributed by atoms with Gasteiger partial charge in [0.2, 0.25) is 0 Å². The number of halogens is 3. The smallest absolute Gasteiger partial charge is 0.274 e. The van der Waals surface area contributed by atoms with E-state index in [2.05, 4.69) is 4.84 Å². The van der Waals surface area contributed by atoms with Crippen LogP contribution in [0.25, 0.3) is 0 Å². The summed E-state index contributed by atoms with van der Waals surface area (Å²) in [5.74, 6) is -2.54. The van der Waals surface area contributed by atoms with E-state index >= 15 is 0 Å². The molecule has 0 N–H and O–H groups in total. The molecule has 6 heteroatoms. The van der Waals surface area contributed by atoms with Gasteiger partial charge in [0.15, 0.2) is 0 Å². The van der Waals surface area contributed by atoms with Crippen molar-refractivity contribution in [2.45, 2.75) is 0 Å². The Balaban J connectivity index is 3.15. The monoisotopic (exact) mass is 235 g/mol. The maximum atomic E-state index is 13.2. The highest BCUT2D eigenvalue weighted by Crippen LogP contribution is 2.20. The molecule has 0 radical (unpaired) electrons. The number of hydrogen-bond donors (Lipinski definition) is 0. The van der Waals surface area contributed by atoms with Gasteiger partial charge < -0.3 is 0 Å².